The maximum atomic E-state index is 8.75. The zero-order chi connectivity index (χ0) is 14.4. The van der Waals surface area contributed by atoms with Crippen molar-refractivity contribution < 1.29 is 14.4 Å². The second-order valence-electron chi connectivity index (χ2n) is 4.49. The first-order valence-electron chi connectivity index (χ1n) is 6.53. The van der Waals surface area contributed by atoms with Crippen LogP contribution in [0.4, 0.5) is 5.69 Å². The van der Waals surface area contributed by atoms with Crippen LogP contribution in [0.1, 0.15) is 12.7 Å². The van der Waals surface area contributed by atoms with Crippen molar-refractivity contribution in [2.75, 3.05) is 25.6 Å². The lowest BCUT2D eigenvalue weighted by Crippen LogP contribution is -2.09. The first-order chi connectivity index (χ1) is 9.72. The van der Waals surface area contributed by atoms with Crippen molar-refractivity contribution in [3.05, 3.63) is 30.1 Å². The molecule has 0 radical (unpaired) electrons. The monoisotopic (exact) mass is 277 g/mol. The highest BCUT2D eigenvalue weighted by molar-refractivity contribution is 5.58. The van der Waals surface area contributed by atoms with Crippen molar-refractivity contribution in [2.45, 2.75) is 19.4 Å². The largest absolute Gasteiger partial charge is 0.395 e. The minimum Gasteiger partial charge on any atom is -0.395 e. The Kier molecular flexibility index (Phi) is 5.09. The third-order valence-corrected chi connectivity index (χ3v) is 2.91. The molecule has 2 N–H and O–H groups in total. The van der Waals surface area contributed by atoms with Gasteiger partial charge in [0.25, 0.3) is 5.89 Å². The molecule has 0 aliphatic rings. The molecule has 0 aliphatic carbocycles. The molecule has 0 bridgehead atoms. The number of benzene rings is 1. The molecule has 6 heteroatoms. The fourth-order valence-electron chi connectivity index (χ4n) is 1.73. The number of methoxy groups -OCH3 is 1. The average Bonchev–Trinajstić information content (AvgIpc) is 2.94. The molecule has 1 atom stereocenters. The quantitative estimate of drug-likeness (QED) is 0.802. The third kappa shape index (κ3) is 3.79. The van der Waals surface area contributed by atoms with Crippen LogP contribution in [0, 0.1) is 0 Å². The number of aromatic nitrogens is 2. The maximum Gasteiger partial charge on any atom is 0.257 e. The predicted octanol–water partition coefficient (Wildman–Crippen LogP) is 1.72. The second-order valence-corrected chi connectivity index (χ2v) is 4.49. The Morgan fingerprint density at radius 1 is 1.35 bits per heavy atom. The minimum absolute atomic E-state index is 0.0607. The van der Waals surface area contributed by atoms with Gasteiger partial charge in [0.05, 0.1) is 12.7 Å². The normalized spacial score (nSPS) is 12.3. The van der Waals surface area contributed by atoms with E-state index in [0.29, 0.717) is 24.7 Å². The summed E-state index contributed by atoms with van der Waals surface area (Å²) in [6.07, 6.45) is 0.682. The van der Waals surface area contributed by atoms with Gasteiger partial charge in [-0.2, -0.15) is 4.98 Å². The Morgan fingerprint density at radius 3 is 2.75 bits per heavy atom. The predicted molar refractivity (Wildman–Crippen MR) is 75.5 cm³/mol. The first kappa shape index (κ1) is 14.5. The Bertz CT molecular complexity index is 525. The molecule has 0 spiro atoms. The summed E-state index contributed by atoms with van der Waals surface area (Å²) in [5.74, 6) is 1.13. The van der Waals surface area contributed by atoms with E-state index in [9.17, 15) is 0 Å². The molecule has 1 heterocycles. The Morgan fingerprint density at radius 2 is 2.10 bits per heavy atom. The molecule has 1 unspecified atom stereocenters. The number of aliphatic hydroxyl groups is 1. The summed E-state index contributed by atoms with van der Waals surface area (Å²) in [6, 6.07) is 7.62. The van der Waals surface area contributed by atoms with E-state index in [1.807, 2.05) is 31.2 Å². The Balaban J connectivity index is 2.04. The van der Waals surface area contributed by atoms with Crippen LogP contribution in [-0.4, -0.2) is 41.6 Å². The molecule has 1 aromatic carbocycles. The van der Waals surface area contributed by atoms with Crippen LogP contribution < -0.4 is 5.32 Å². The van der Waals surface area contributed by atoms with Crippen LogP contribution in [0.2, 0.25) is 0 Å². The van der Waals surface area contributed by atoms with Gasteiger partial charge in [0.2, 0.25) is 0 Å². The van der Waals surface area contributed by atoms with E-state index in [2.05, 4.69) is 15.5 Å². The smallest absolute Gasteiger partial charge is 0.257 e. The molecule has 0 aliphatic heterocycles. The summed E-state index contributed by atoms with van der Waals surface area (Å²) in [7, 11) is 1.66. The number of ether oxygens (including phenoxy) is 1. The minimum atomic E-state index is 0.0607. The van der Waals surface area contributed by atoms with Gasteiger partial charge < -0.3 is 19.7 Å². The molecule has 0 fully saturated rings. The van der Waals surface area contributed by atoms with Crippen LogP contribution in [0.15, 0.2) is 28.8 Å². The van der Waals surface area contributed by atoms with Crippen molar-refractivity contribution in [3.63, 3.8) is 0 Å². The molecule has 0 amide bonds. The van der Waals surface area contributed by atoms with Gasteiger partial charge in [0.15, 0.2) is 5.82 Å². The Hall–Kier alpha value is -1.92. The van der Waals surface area contributed by atoms with E-state index < -0.39 is 0 Å². The lowest BCUT2D eigenvalue weighted by molar-refractivity contribution is 0.116. The molecule has 20 heavy (non-hydrogen) atoms. The summed E-state index contributed by atoms with van der Waals surface area (Å²) in [4.78, 5) is 4.34. The third-order valence-electron chi connectivity index (χ3n) is 2.91. The van der Waals surface area contributed by atoms with E-state index in [4.69, 9.17) is 14.4 Å². The van der Waals surface area contributed by atoms with E-state index in [1.54, 1.807) is 7.11 Å². The number of hydrogen-bond donors (Lipinski definition) is 2. The molecular formula is C14H19N3O3. The Labute approximate surface area is 117 Å². The standard InChI is InChI=1S/C14H19N3O3/c1-10(19-2)9-13-16-14(20-17-13)11-3-5-12(6-4-11)15-7-8-18/h3-6,10,15,18H,7-9H2,1-2H3. The summed E-state index contributed by atoms with van der Waals surface area (Å²) in [5, 5.41) is 15.8. The highest BCUT2D eigenvalue weighted by Crippen LogP contribution is 2.20. The first-order valence-corrected chi connectivity index (χ1v) is 6.53. The number of hydrogen-bond acceptors (Lipinski definition) is 6. The van der Waals surface area contributed by atoms with Crippen LogP contribution in [0.25, 0.3) is 11.5 Å². The van der Waals surface area contributed by atoms with Crippen molar-refractivity contribution in [3.8, 4) is 11.5 Å². The molecular weight excluding hydrogens is 258 g/mol. The van der Waals surface area contributed by atoms with Crippen molar-refractivity contribution in [1.29, 1.82) is 0 Å². The van der Waals surface area contributed by atoms with Crippen molar-refractivity contribution >= 4 is 5.69 Å². The van der Waals surface area contributed by atoms with E-state index >= 15 is 0 Å². The molecule has 108 valence electrons. The van der Waals surface area contributed by atoms with Gasteiger partial charge in [-0.15, -0.1) is 0 Å². The van der Waals surface area contributed by atoms with Gasteiger partial charge in [0.1, 0.15) is 0 Å². The van der Waals surface area contributed by atoms with Gasteiger partial charge >= 0.3 is 0 Å². The number of anilines is 1. The zero-order valence-corrected chi connectivity index (χ0v) is 11.7. The number of aliphatic hydroxyl groups excluding tert-OH is 1. The number of nitrogens with zero attached hydrogens (tertiary/aromatic N) is 2. The molecule has 2 rings (SSSR count). The van der Waals surface area contributed by atoms with E-state index in [-0.39, 0.29) is 12.7 Å². The summed E-state index contributed by atoms with van der Waals surface area (Å²) < 4.78 is 10.4. The molecule has 2 aromatic rings. The van der Waals surface area contributed by atoms with Gasteiger partial charge in [0, 0.05) is 31.3 Å². The average molecular weight is 277 g/mol. The van der Waals surface area contributed by atoms with E-state index in [0.717, 1.165) is 11.3 Å². The topological polar surface area (TPSA) is 80.4 Å². The van der Waals surface area contributed by atoms with Crippen LogP contribution in [0.5, 0.6) is 0 Å². The summed E-state index contributed by atoms with van der Waals surface area (Å²) in [5.41, 5.74) is 1.80. The second kappa shape index (κ2) is 7.02. The highest BCUT2D eigenvalue weighted by atomic mass is 16.5. The maximum absolute atomic E-state index is 8.75. The fraction of sp³-hybridized carbons (Fsp3) is 0.429. The van der Waals surface area contributed by atoms with Crippen LogP contribution in [0.3, 0.4) is 0 Å². The van der Waals surface area contributed by atoms with E-state index in [1.165, 1.54) is 0 Å². The molecule has 0 saturated heterocycles. The molecule has 1 aromatic heterocycles. The highest BCUT2D eigenvalue weighted by Gasteiger charge is 2.11. The van der Waals surface area contributed by atoms with Gasteiger partial charge in [-0.05, 0) is 31.2 Å². The lowest BCUT2D eigenvalue weighted by Gasteiger charge is -2.04. The number of rotatable bonds is 7. The van der Waals surface area contributed by atoms with Crippen molar-refractivity contribution in [1.82, 2.24) is 10.1 Å². The van der Waals surface area contributed by atoms with Crippen molar-refractivity contribution in [2.24, 2.45) is 0 Å². The van der Waals surface area contributed by atoms with Gasteiger partial charge in [-0.1, -0.05) is 5.16 Å². The van der Waals surface area contributed by atoms with Crippen LogP contribution >= 0.6 is 0 Å². The van der Waals surface area contributed by atoms with Gasteiger partial charge in [-0.3, -0.25) is 0 Å². The molecule has 6 nitrogen and oxygen atoms in total. The summed E-state index contributed by atoms with van der Waals surface area (Å²) in [6.45, 7) is 2.59. The van der Waals surface area contributed by atoms with Crippen LogP contribution in [-0.2, 0) is 11.2 Å². The summed E-state index contributed by atoms with van der Waals surface area (Å²) >= 11 is 0. The lowest BCUT2D eigenvalue weighted by atomic mass is 10.2. The zero-order valence-electron chi connectivity index (χ0n) is 11.7. The number of nitrogens with one attached hydrogen (secondary N) is 1. The van der Waals surface area contributed by atoms with Gasteiger partial charge in [-0.25, -0.2) is 0 Å². The molecule has 0 saturated carbocycles. The SMILES string of the molecule is COC(C)Cc1noc(-c2ccc(NCCO)cc2)n1. The fourth-order valence-corrected chi connectivity index (χ4v) is 1.73.